The van der Waals surface area contributed by atoms with Gasteiger partial charge in [0, 0.05) is 6.54 Å². The highest BCUT2D eigenvalue weighted by Gasteiger charge is 2.21. The molecule has 0 unspecified atom stereocenters. The van der Waals surface area contributed by atoms with Gasteiger partial charge in [-0.1, -0.05) is 36.4 Å². The zero-order valence-electron chi connectivity index (χ0n) is 21.0. The van der Waals surface area contributed by atoms with Crippen LogP contribution in [0.15, 0.2) is 77.6 Å². The third-order valence-electron chi connectivity index (χ3n) is 5.78. The maximum absolute atomic E-state index is 12.8. The summed E-state index contributed by atoms with van der Waals surface area (Å²) in [5.74, 6) is 0.543. The van der Waals surface area contributed by atoms with Gasteiger partial charge >= 0.3 is 12.1 Å². The van der Waals surface area contributed by atoms with Gasteiger partial charge in [-0.05, 0) is 48.9 Å². The summed E-state index contributed by atoms with van der Waals surface area (Å²) in [5.41, 5.74) is 1.22. The fourth-order valence-corrected chi connectivity index (χ4v) is 3.92. The number of fused-ring (bicyclic) bond motifs is 1. The third-order valence-corrected chi connectivity index (χ3v) is 5.78. The van der Waals surface area contributed by atoms with Gasteiger partial charge in [-0.3, -0.25) is 19.1 Å². The number of amides is 1. The highest BCUT2D eigenvalue weighted by molar-refractivity contribution is 5.78. The summed E-state index contributed by atoms with van der Waals surface area (Å²) < 4.78 is 17.9. The van der Waals surface area contributed by atoms with E-state index in [1.807, 2.05) is 12.1 Å². The van der Waals surface area contributed by atoms with Gasteiger partial charge in [0.05, 0.1) is 24.6 Å². The van der Waals surface area contributed by atoms with Crippen molar-refractivity contribution in [2.45, 2.75) is 20.0 Å². The molecule has 1 heterocycles. The van der Waals surface area contributed by atoms with Crippen molar-refractivity contribution in [2.24, 2.45) is 0 Å². The number of carboxylic acids is 1. The molecule has 38 heavy (non-hydrogen) atoms. The smallest absolute Gasteiger partial charge is 0.416 e. The number of hydrogen-bond acceptors (Lipinski definition) is 7. The van der Waals surface area contributed by atoms with E-state index >= 15 is 0 Å². The molecule has 0 aliphatic rings. The van der Waals surface area contributed by atoms with E-state index in [0.29, 0.717) is 40.3 Å². The minimum Gasteiger partial charge on any atom is -0.493 e. The second kappa shape index (κ2) is 11.9. The first kappa shape index (κ1) is 26.2. The molecule has 0 bridgehead atoms. The number of methoxy groups -OCH3 is 1. The lowest BCUT2D eigenvalue weighted by atomic mass is 10.2. The van der Waals surface area contributed by atoms with E-state index in [9.17, 15) is 19.5 Å². The summed E-state index contributed by atoms with van der Waals surface area (Å²) in [6.45, 7) is 1.82. The Morgan fingerprint density at radius 1 is 0.974 bits per heavy atom. The molecule has 10 heteroatoms. The Labute approximate surface area is 218 Å². The van der Waals surface area contributed by atoms with Crippen molar-refractivity contribution in [1.29, 1.82) is 0 Å². The van der Waals surface area contributed by atoms with Crippen molar-refractivity contribution in [1.82, 2.24) is 14.5 Å². The number of aryl methyl sites for hydroxylation is 1. The minimum absolute atomic E-state index is 0.0118. The molecule has 196 valence electrons. The molecule has 0 radical (unpaired) electrons. The molecular formula is C28H27N3O7. The van der Waals surface area contributed by atoms with Crippen LogP contribution in [0.2, 0.25) is 0 Å². The molecule has 0 atom stereocenters. The van der Waals surface area contributed by atoms with E-state index in [1.54, 1.807) is 72.2 Å². The van der Waals surface area contributed by atoms with Crippen LogP contribution in [0.4, 0.5) is 4.79 Å². The molecule has 0 aliphatic carbocycles. The monoisotopic (exact) mass is 517 g/mol. The maximum Gasteiger partial charge on any atom is 0.416 e. The SMILES string of the molecule is COc1ccccc1OC(=O)N(CC(=O)O)Cc1ccc(OCCn2c(C)nc3ccccc3c2=O)cc1. The van der Waals surface area contributed by atoms with E-state index < -0.39 is 18.6 Å². The summed E-state index contributed by atoms with van der Waals surface area (Å²) in [6, 6.07) is 20.7. The summed E-state index contributed by atoms with van der Waals surface area (Å²) in [4.78, 5) is 42.5. The second-order valence-electron chi connectivity index (χ2n) is 8.39. The predicted molar refractivity (Wildman–Crippen MR) is 140 cm³/mol. The molecule has 4 aromatic rings. The van der Waals surface area contributed by atoms with Crippen LogP contribution in [0.3, 0.4) is 0 Å². The van der Waals surface area contributed by atoms with E-state index in [-0.39, 0.29) is 24.5 Å². The number of aromatic nitrogens is 2. The Morgan fingerprint density at radius 3 is 2.37 bits per heavy atom. The minimum atomic E-state index is -1.17. The molecule has 1 amide bonds. The first-order valence-electron chi connectivity index (χ1n) is 11.8. The largest absolute Gasteiger partial charge is 0.493 e. The first-order chi connectivity index (χ1) is 18.4. The fraction of sp³-hybridized carbons (Fsp3) is 0.214. The highest BCUT2D eigenvalue weighted by atomic mass is 16.6. The number of ether oxygens (including phenoxy) is 3. The predicted octanol–water partition coefficient (Wildman–Crippen LogP) is 3.88. The van der Waals surface area contributed by atoms with Crippen LogP contribution in [0, 0.1) is 6.92 Å². The van der Waals surface area contributed by atoms with Gasteiger partial charge in [0.2, 0.25) is 0 Å². The number of rotatable bonds is 10. The Kier molecular flexibility index (Phi) is 8.22. The molecule has 4 rings (SSSR count). The Hall–Kier alpha value is -4.86. The third kappa shape index (κ3) is 6.28. The van der Waals surface area contributed by atoms with Crippen molar-refractivity contribution in [3.8, 4) is 17.2 Å². The van der Waals surface area contributed by atoms with Crippen LogP contribution in [-0.2, 0) is 17.9 Å². The quantitative estimate of drug-likeness (QED) is 0.337. The standard InChI is InChI=1S/C28H27N3O7/c1-19-29-23-8-4-3-7-22(23)27(34)31(19)15-16-37-21-13-11-20(12-14-21)17-30(18-26(32)33)28(35)38-25-10-6-5-9-24(25)36-2/h3-14H,15-18H2,1-2H3,(H,32,33). The molecule has 0 spiro atoms. The number of aliphatic carboxylic acids is 1. The molecule has 0 saturated heterocycles. The number of carbonyl (C=O) groups is 2. The van der Waals surface area contributed by atoms with Crippen molar-refractivity contribution in [3.63, 3.8) is 0 Å². The summed E-state index contributed by atoms with van der Waals surface area (Å²) >= 11 is 0. The molecule has 0 fully saturated rings. The van der Waals surface area contributed by atoms with E-state index in [1.165, 1.54) is 7.11 Å². The van der Waals surface area contributed by atoms with Gasteiger partial charge in [-0.25, -0.2) is 9.78 Å². The topological polar surface area (TPSA) is 120 Å². The van der Waals surface area contributed by atoms with Crippen LogP contribution < -0.4 is 19.8 Å². The first-order valence-corrected chi connectivity index (χ1v) is 11.8. The molecule has 10 nitrogen and oxygen atoms in total. The number of hydrogen-bond donors (Lipinski definition) is 1. The zero-order chi connectivity index (χ0) is 27.1. The maximum atomic E-state index is 12.8. The Balaban J connectivity index is 1.38. The van der Waals surface area contributed by atoms with Crippen molar-refractivity contribution >= 4 is 23.0 Å². The van der Waals surface area contributed by atoms with Crippen molar-refractivity contribution in [2.75, 3.05) is 20.3 Å². The van der Waals surface area contributed by atoms with Gasteiger partial charge in [-0.2, -0.15) is 0 Å². The molecule has 1 N–H and O–H groups in total. The lowest BCUT2D eigenvalue weighted by Gasteiger charge is -2.21. The highest BCUT2D eigenvalue weighted by Crippen LogP contribution is 2.26. The van der Waals surface area contributed by atoms with Gasteiger partial charge in [0.15, 0.2) is 11.5 Å². The van der Waals surface area contributed by atoms with Gasteiger partial charge in [0.25, 0.3) is 5.56 Å². The normalized spacial score (nSPS) is 10.7. The summed E-state index contributed by atoms with van der Waals surface area (Å²) in [5, 5.41) is 9.84. The van der Waals surface area contributed by atoms with Gasteiger partial charge in [0.1, 0.15) is 24.7 Å². The van der Waals surface area contributed by atoms with Crippen LogP contribution in [0.25, 0.3) is 10.9 Å². The van der Waals surface area contributed by atoms with Crippen molar-refractivity contribution < 1.29 is 28.9 Å². The zero-order valence-corrected chi connectivity index (χ0v) is 21.0. The Morgan fingerprint density at radius 2 is 1.66 bits per heavy atom. The summed E-state index contributed by atoms with van der Waals surface area (Å²) in [7, 11) is 1.45. The van der Waals surface area contributed by atoms with Crippen LogP contribution in [0.1, 0.15) is 11.4 Å². The number of nitrogens with zero attached hydrogens (tertiary/aromatic N) is 3. The number of benzene rings is 3. The number of carboxylic acid groups (broad SMARTS) is 1. The molecule has 0 saturated carbocycles. The fourth-order valence-electron chi connectivity index (χ4n) is 3.92. The number of para-hydroxylation sites is 3. The van der Waals surface area contributed by atoms with Crippen LogP contribution in [-0.4, -0.2) is 51.9 Å². The Bertz CT molecular complexity index is 1500. The van der Waals surface area contributed by atoms with E-state index in [4.69, 9.17) is 14.2 Å². The average molecular weight is 518 g/mol. The lowest BCUT2D eigenvalue weighted by molar-refractivity contribution is -0.138. The second-order valence-corrected chi connectivity index (χ2v) is 8.39. The summed E-state index contributed by atoms with van der Waals surface area (Å²) in [6.07, 6.45) is -0.818. The lowest BCUT2D eigenvalue weighted by Crippen LogP contribution is -2.37. The van der Waals surface area contributed by atoms with Crippen LogP contribution >= 0.6 is 0 Å². The van der Waals surface area contributed by atoms with Crippen LogP contribution in [0.5, 0.6) is 17.2 Å². The molecule has 1 aromatic heterocycles. The van der Waals surface area contributed by atoms with Crippen molar-refractivity contribution in [3.05, 3.63) is 94.5 Å². The average Bonchev–Trinajstić information content (AvgIpc) is 2.91. The number of carbonyl (C=O) groups excluding carboxylic acids is 1. The molecular weight excluding hydrogens is 490 g/mol. The van der Waals surface area contributed by atoms with E-state index in [2.05, 4.69) is 4.98 Å². The molecule has 3 aromatic carbocycles. The molecule has 0 aliphatic heterocycles. The van der Waals surface area contributed by atoms with Gasteiger partial charge in [-0.15, -0.1) is 0 Å². The van der Waals surface area contributed by atoms with Gasteiger partial charge < -0.3 is 19.3 Å². The van der Waals surface area contributed by atoms with E-state index in [0.717, 1.165) is 4.90 Å².